The Morgan fingerprint density at radius 2 is 2.11 bits per heavy atom. The van der Waals surface area contributed by atoms with Gasteiger partial charge in [0.05, 0.1) is 5.56 Å². The molecular formula is C12H17N3OS2. The maximum Gasteiger partial charge on any atom is 0.270 e. The summed E-state index contributed by atoms with van der Waals surface area (Å²) in [6, 6.07) is 2.31. The first-order chi connectivity index (χ1) is 8.65. The third kappa shape index (κ3) is 3.68. The lowest BCUT2D eigenvalue weighted by molar-refractivity contribution is 0.0944. The summed E-state index contributed by atoms with van der Waals surface area (Å²) in [4.78, 5) is 12.9. The fourth-order valence-electron chi connectivity index (χ4n) is 2.04. The summed E-state index contributed by atoms with van der Waals surface area (Å²) in [7, 11) is 0. The summed E-state index contributed by atoms with van der Waals surface area (Å²) in [6.07, 6.45) is 4.81. The topological polar surface area (TPSA) is 53.2 Å². The molecule has 4 nitrogen and oxygen atoms in total. The Balaban J connectivity index is 1.73. The Kier molecular flexibility index (Phi) is 4.54. The Bertz CT molecular complexity index is 438. The van der Waals surface area contributed by atoms with Crippen molar-refractivity contribution in [3.63, 3.8) is 0 Å². The van der Waals surface area contributed by atoms with Gasteiger partial charge in [-0.2, -0.15) is 0 Å². The molecule has 1 aromatic rings. The minimum atomic E-state index is -0.157. The van der Waals surface area contributed by atoms with Crippen LogP contribution in [0, 0.1) is 6.92 Å². The van der Waals surface area contributed by atoms with Gasteiger partial charge in [-0.3, -0.25) is 15.6 Å². The number of amides is 1. The van der Waals surface area contributed by atoms with Crippen molar-refractivity contribution in [1.29, 1.82) is 0 Å². The standard InChI is InChI=1S/C12H17N3OS2/c1-8-6-9(7-18-8)11(16)14-15-12(17)13-10-4-2-3-5-10/h6-7,10H,2-5H2,1H3,(H,14,16)(H2,13,15,17). The molecule has 18 heavy (non-hydrogen) atoms. The molecule has 1 aliphatic carbocycles. The number of hydrogen-bond acceptors (Lipinski definition) is 3. The van der Waals surface area contributed by atoms with Crippen molar-refractivity contribution in [2.45, 2.75) is 38.6 Å². The van der Waals surface area contributed by atoms with Crippen molar-refractivity contribution in [3.05, 3.63) is 21.9 Å². The van der Waals surface area contributed by atoms with Crippen LogP contribution < -0.4 is 16.2 Å². The molecular weight excluding hydrogens is 266 g/mol. The number of thiocarbonyl (C=S) groups is 1. The Morgan fingerprint density at radius 1 is 1.39 bits per heavy atom. The number of aryl methyl sites for hydroxylation is 1. The van der Waals surface area contributed by atoms with Gasteiger partial charge < -0.3 is 5.32 Å². The first-order valence-electron chi connectivity index (χ1n) is 6.07. The van der Waals surface area contributed by atoms with E-state index >= 15 is 0 Å². The minimum Gasteiger partial charge on any atom is -0.359 e. The van der Waals surface area contributed by atoms with Crippen molar-refractivity contribution in [2.75, 3.05) is 0 Å². The Labute approximate surface area is 116 Å². The first kappa shape index (κ1) is 13.3. The predicted molar refractivity (Wildman–Crippen MR) is 77.6 cm³/mol. The van der Waals surface area contributed by atoms with Crippen LogP contribution in [-0.2, 0) is 0 Å². The van der Waals surface area contributed by atoms with E-state index in [2.05, 4.69) is 16.2 Å². The van der Waals surface area contributed by atoms with Gasteiger partial charge in [0.15, 0.2) is 5.11 Å². The van der Waals surface area contributed by atoms with Crippen molar-refractivity contribution in [1.82, 2.24) is 16.2 Å². The lowest BCUT2D eigenvalue weighted by Gasteiger charge is -2.15. The minimum absolute atomic E-state index is 0.157. The number of carbonyl (C=O) groups is 1. The highest BCUT2D eigenvalue weighted by Crippen LogP contribution is 2.17. The molecule has 1 aliphatic rings. The average molecular weight is 283 g/mol. The van der Waals surface area contributed by atoms with Gasteiger partial charge in [0.1, 0.15) is 0 Å². The van der Waals surface area contributed by atoms with Gasteiger partial charge in [0.25, 0.3) is 5.91 Å². The van der Waals surface area contributed by atoms with E-state index in [4.69, 9.17) is 12.2 Å². The largest absolute Gasteiger partial charge is 0.359 e. The fourth-order valence-corrected chi connectivity index (χ4v) is 2.94. The van der Waals surface area contributed by atoms with Crippen LogP contribution in [0.5, 0.6) is 0 Å². The van der Waals surface area contributed by atoms with Gasteiger partial charge >= 0.3 is 0 Å². The van der Waals surface area contributed by atoms with Crippen LogP contribution in [0.2, 0.25) is 0 Å². The van der Waals surface area contributed by atoms with E-state index in [1.165, 1.54) is 12.8 Å². The predicted octanol–water partition coefficient (Wildman–Crippen LogP) is 2.11. The van der Waals surface area contributed by atoms with Crippen molar-refractivity contribution in [2.24, 2.45) is 0 Å². The fraction of sp³-hybridized carbons (Fsp3) is 0.500. The van der Waals surface area contributed by atoms with Gasteiger partial charge in [-0.1, -0.05) is 12.8 Å². The molecule has 3 N–H and O–H groups in total. The molecule has 1 amide bonds. The van der Waals surface area contributed by atoms with Gasteiger partial charge in [-0.15, -0.1) is 11.3 Å². The molecule has 1 heterocycles. The molecule has 0 spiro atoms. The zero-order valence-electron chi connectivity index (χ0n) is 10.3. The molecule has 2 rings (SSSR count). The molecule has 0 saturated heterocycles. The number of carbonyl (C=O) groups excluding carboxylic acids is 1. The van der Waals surface area contributed by atoms with E-state index in [0.717, 1.165) is 17.7 Å². The van der Waals surface area contributed by atoms with Crippen LogP contribution in [0.3, 0.4) is 0 Å². The second kappa shape index (κ2) is 6.15. The number of hydrogen-bond donors (Lipinski definition) is 3. The van der Waals surface area contributed by atoms with Crippen LogP contribution >= 0.6 is 23.6 Å². The maximum absolute atomic E-state index is 11.7. The van der Waals surface area contributed by atoms with Crippen LogP contribution in [0.25, 0.3) is 0 Å². The van der Waals surface area contributed by atoms with Crippen LogP contribution in [-0.4, -0.2) is 17.1 Å². The zero-order chi connectivity index (χ0) is 13.0. The summed E-state index contributed by atoms with van der Waals surface area (Å²) in [5.74, 6) is -0.157. The van der Waals surface area contributed by atoms with Gasteiger partial charge in [0, 0.05) is 16.3 Å². The van der Waals surface area contributed by atoms with Crippen LogP contribution in [0.1, 0.15) is 40.9 Å². The zero-order valence-corrected chi connectivity index (χ0v) is 11.9. The lowest BCUT2D eigenvalue weighted by atomic mass is 10.3. The van der Waals surface area contributed by atoms with Gasteiger partial charge in [-0.05, 0) is 38.0 Å². The lowest BCUT2D eigenvalue weighted by Crippen LogP contribution is -2.49. The first-order valence-corrected chi connectivity index (χ1v) is 7.36. The molecule has 98 valence electrons. The summed E-state index contributed by atoms with van der Waals surface area (Å²) in [5.41, 5.74) is 6.00. The Hall–Kier alpha value is -1.14. The third-order valence-corrected chi connectivity index (χ3v) is 4.05. The molecule has 0 bridgehead atoms. The third-order valence-electron chi connectivity index (χ3n) is 2.97. The van der Waals surface area contributed by atoms with Crippen molar-refractivity contribution >= 4 is 34.6 Å². The summed E-state index contributed by atoms with van der Waals surface area (Å²) >= 11 is 6.69. The van der Waals surface area contributed by atoms with E-state index in [-0.39, 0.29) is 5.91 Å². The molecule has 0 aromatic carbocycles. The van der Waals surface area contributed by atoms with E-state index in [1.54, 1.807) is 11.3 Å². The molecule has 0 aliphatic heterocycles. The number of hydrazine groups is 1. The quantitative estimate of drug-likeness (QED) is 0.575. The second-order valence-corrected chi connectivity index (χ2v) is 6.00. The molecule has 6 heteroatoms. The highest BCUT2D eigenvalue weighted by atomic mass is 32.1. The molecule has 0 radical (unpaired) electrons. The number of nitrogens with one attached hydrogen (secondary N) is 3. The summed E-state index contributed by atoms with van der Waals surface area (Å²) in [6.45, 7) is 1.97. The van der Waals surface area contributed by atoms with Crippen molar-refractivity contribution < 1.29 is 4.79 Å². The SMILES string of the molecule is Cc1cc(C(=O)NNC(=S)NC2CCCC2)cs1. The van der Waals surface area contributed by atoms with Crippen LogP contribution in [0.15, 0.2) is 11.4 Å². The molecule has 1 aromatic heterocycles. The van der Waals surface area contributed by atoms with Crippen LogP contribution in [0.4, 0.5) is 0 Å². The average Bonchev–Trinajstić information content (AvgIpc) is 2.97. The van der Waals surface area contributed by atoms with Crippen molar-refractivity contribution in [3.8, 4) is 0 Å². The molecule has 1 fully saturated rings. The molecule has 0 unspecified atom stereocenters. The highest BCUT2D eigenvalue weighted by molar-refractivity contribution is 7.80. The second-order valence-electron chi connectivity index (χ2n) is 4.48. The maximum atomic E-state index is 11.7. The summed E-state index contributed by atoms with van der Waals surface area (Å²) in [5, 5.41) is 5.52. The van der Waals surface area contributed by atoms with Gasteiger partial charge in [-0.25, -0.2) is 0 Å². The number of rotatable bonds is 2. The smallest absolute Gasteiger partial charge is 0.270 e. The van der Waals surface area contributed by atoms with E-state index in [0.29, 0.717) is 16.7 Å². The summed E-state index contributed by atoms with van der Waals surface area (Å²) < 4.78 is 0. The highest BCUT2D eigenvalue weighted by Gasteiger charge is 2.15. The van der Waals surface area contributed by atoms with E-state index < -0.39 is 0 Å². The number of thiophene rings is 1. The monoisotopic (exact) mass is 283 g/mol. The van der Waals surface area contributed by atoms with E-state index in [9.17, 15) is 4.79 Å². The molecule has 0 atom stereocenters. The molecule has 1 saturated carbocycles. The normalized spacial score (nSPS) is 15.4. The van der Waals surface area contributed by atoms with Gasteiger partial charge in [0.2, 0.25) is 0 Å². The van der Waals surface area contributed by atoms with E-state index in [1.807, 2.05) is 18.4 Å². The Morgan fingerprint density at radius 3 is 2.72 bits per heavy atom.